The lowest BCUT2D eigenvalue weighted by Gasteiger charge is -2.31. The number of carbonyl (C=O) groups excluding carboxylic acids is 1. The number of aryl methyl sites for hydroxylation is 1. The third kappa shape index (κ3) is 2.59. The monoisotopic (exact) mass is 324 g/mol. The van der Waals surface area contributed by atoms with Gasteiger partial charge in [0.15, 0.2) is 0 Å². The molecule has 2 aromatic heterocycles. The molecule has 0 unspecified atom stereocenters. The van der Waals surface area contributed by atoms with Crippen LogP contribution < -0.4 is 5.32 Å². The molecule has 124 valence electrons. The zero-order valence-electron chi connectivity index (χ0n) is 13.8. The van der Waals surface area contributed by atoms with E-state index in [4.69, 9.17) is 4.52 Å². The Morgan fingerprint density at radius 1 is 1.42 bits per heavy atom. The SMILES string of the molecule is Cc1cc(NC(=O)[C@@H](C)N2CCc3[nH]c4ccccc4c3C2)on1. The number of benzene rings is 1. The summed E-state index contributed by atoms with van der Waals surface area (Å²) < 4.78 is 5.07. The fourth-order valence-corrected chi connectivity index (χ4v) is 3.33. The van der Waals surface area contributed by atoms with Crippen LogP contribution in [0.2, 0.25) is 0 Å². The van der Waals surface area contributed by atoms with Crippen LogP contribution in [0.4, 0.5) is 5.88 Å². The first-order chi connectivity index (χ1) is 11.6. The van der Waals surface area contributed by atoms with Crippen LogP contribution in [-0.4, -0.2) is 33.5 Å². The number of aromatic amines is 1. The number of anilines is 1. The third-order valence-electron chi connectivity index (χ3n) is 4.71. The van der Waals surface area contributed by atoms with E-state index < -0.39 is 0 Å². The molecule has 4 rings (SSSR count). The number of para-hydroxylation sites is 1. The van der Waals surface area contributed by atoms with E-state index in [0.717, 1.165) is 25.2 Å². The molecule has 0 radical (unpaired) electrons. The Labute approximate surface area is 139 Å². The number of amides is 1. The topological polar surface area (TPSA) is 74.2 Å². The molecule has 0 bridgehead atoms. The van der Waals surface area contributed by atoms with E-state index in [-0.39, 0.29) is 11.9 Å². The molecular weight excluding hydrogens is 304 g/mol. The van der Waals surface area contributed by atoms with Gasteiger partial charge in [-0.1, -0.05) is 23.4 Å². The summed E-state index contributed by atoms with van der Waals surface area (Å²) >= 11 is 0. The van der Waals surface area contributed by atoms with E-state index in [9.17, 15) is 4.79 Å². The van der Waals surface area contributed by atoms with Gasteiger partial charge in [0.05, 0.1) is 11.7 Å². The molecule has 24 heavy (non-hydrogen) atoms. The highest BCUT2D eigenvalue weighted by Crippen LogP contribution is 2.28. The van der Waals surface area contributed by atoms with Crippen LogP contribution in [0, 0.1) is 6.92 Å². The standard InChI is InChI=1S/C18H20N4O2/c1-11-9-17(24-21-11)20-18(23)12(2)22-8-7-16-14(10-22)13-5-3-4-6-15(13)19-16/h3-6,9,12,19H,7-8,10H2,1-2H3,(H,20,23)/t12-/m1/s1. The Morgan fingerprint density at radius 3 is 3.04 bits per heavy atom. The molecule has 0 aliphatic carbocycles. The number of hydrogen-bond donors (Lipinski definition) is 2. The van der Waals surface area contributed by atoms with Crippen molar-refractivity contribution in [3.8, 4) is 0 Å². The Morgan fingerprint density at radius 2 is 2.25 bits per heavy atom. The van der Waals surface area contributed by atoms with Gasteiger partial charge in [-0.25, -0.2) is 0 Å². The molecule has 3 aromatic rings. The minimum Gasteiger partial charge on any atom is -0.358 e. The van der Waals surface area contributed by atoms with Crippen molar-refractivity contribution in [3.63, 3.8) is 0 Å². The number of aromatic nitrogens is 2. The van der Waals surface area contributed by atoms with Crippen molar-refractivity contribution < 1.29 is 9.32 Å². The van der Waals surface area contributed by atoms with Crippen LogP contribution in [0.3, 0.4) is 0 Å². The summed E-state index contributed by atoms with van der Waals surface area (Å²) in [5.41, 5.74) is 4.50. The van der Waals surface area contributed by atoms with Gasteiger partial charge in [-0.3, -0.25) is 15.0 Å². The number of H-pyrrole nitrogens is 1. The summed E-state index contributed by atoms with van der Waals surface area (Å²) in [5.74, 6) is 0.323. The summed E-state index contributed by atoms with van der Waals surface area (Å²) in [7, 11) is 0. The maximum atomic E-state index is 12.5. The molecule has 2 N–H and O–H groups in total. The van der Waals surface area contributed by atoms with E-state index in [1.807, 2.05) is 19.9 Å². The van der Waals surface area contributed by atoms with Gasteiger partial charge in [0.2, 0.25) is 11.8 Å². The van der Waals surface area contributed by atoms with E-state index in [1.54, 1.807) is 6.07 Å². The minimum atomic E-state index is -0.239. The summed E-state index contributed by atoms with van der Waals surface area (Å²) in [4.78, 5) is 18.2. The van der Waals surface area contributed by atoms with Crippen LogP contribution in [0.5, 0.6) is 0 Å². The molecule has 1 aliphatic heterocycles. The number of carbonyl (C=O) groups is 1. The normalized spacial score (nSPS) is 16.1. The Bertz CT molecular complexity index is 895. The quantitative estimate of drug-likeness (QED) is 0.777. The number of nitrogens with one attached hydrogen (secondary N) is 2. The van der Waals surface area contributed by atoms with Crippen molar-refractivity contribution >= 4 is 22.7 Å². The summed E-state index contributed by atoms with van der Waals surface area (Å²) in [5, 5.41) is 7.83. The van der Waals surface area contributed by atoms with Crippen molar-refractivity contribution in [2.45, 2.75) is 32.9 Å². The second-order valence-electron chi connectivity index (χ2n) is 6.35. The molecule has 1 atom stereocenters. The molecule has 0 spiro atoms. The van der Waals surface area contributed by atoms with Crippen molar-refractivity contribution in [1.82, 2.24) is 15.0 Å². The average Bonchev–Trinajstić information content (AvgIpc) is 3.16. The maximum absolute atomic E-state index is 12.5. The first kappa shape index (κ1) is 15.0. The molecule has 0 saturated carbocycles. The molecule has 6 heteroatoms. The largest absolute Gasteiger partial charge is 0.358 e. The molecule has 1 aromatic carbocycles. The van der Waals surface area contributed by atoms with E-state index in [2.05, 4.69) is 38.6 Å². The van der Waals surface area contributed by atoms with Gasteiger partial charge >= 0.3 is 0 Å². The van der Waals surface area contributed by atoms with Crippen LogP contribution in [0.15, 0.2) is 34.9 Å². The zero-order valence-corrected chi connectivity index (χ0v) is 13.8. The number of hydrogen-bond acceptors (Lipinski definition) is 4. The van der Waals surface area contributed by atoms with Crippen LogP contribution >= 0.6 is 0 Å². The summed E-state index contributed by atoms with van der Waals surface area (Å²) in [6, 6.07) is 9.81. The smallest absolute Gasteiger partial charge is 0.243 e. The van der Waals surface area contributed by atoms with Gasteiger partial charge in [0.25, 0.3) is 0 Å². The first-order valence-electron chi connectivity index (χ1n) is 8.18. The predicted molar refractivity (Wildman–Crippen MR) is 91.7 cm³/mol. The Balaban J connectivity index is 1.52. The van der Waals surface area contributed by atoms with Crippen molar-refractivity contribution in [2.24, 2.45) is 0 Å². The Kier molecular flexibility index (Phi) is 3.61. The highest BCUT2D eigenvalue weighted by Gasteiger charge is 2.27. The van der Waals surface area contributed by atoms with Crippen LogP contribution in [0.25, 0.3) is 10.9 Å². The van der Waals surface area contributed by atoms with E-state index in [1.165, 1.54) is 22.2 Å². The lowest BCUT2D eigenvalue weighted by atomic mass is 10.0. The van der Waals surface area contributed by atoms with Crippen LogP contribution in [-0.2, 0) is 17.8 Å². The second-order valence-corrected chi connectivity index (χ2v) is 6.35. The van der Waals surface area contributed by atoms with E-state index in [0.29, 0.717) is 5.88 Å². The lowest BCUT2D eigenvalue weighted by molar-refractivity contribution is -0.121. The van der Waals surface area contributed by atoms with Crippen molar-refractivity contribution in [2.75, 3.05) is 11.9 Å². The number of fused-ring (bicyclic) bond motifs is 3. The predicted octanol–water partition coefficient (Wildman–Crippen LogP) is 2.85. The molecule has 6 nitrogen and oxygen atoms in total. The maximum Gasteiger partial charge on any atom is 0.243 e. The van der Waals surface area contributed by atoms with Gasteiger partial charge < -0.3 is 9.51 Å². The van der Waals surface area contributed by atoms with Gasteiger partial charge in [-0.05, 0) is 25.5 Å². The molecular formula is C18H20N4O2. The van der Waals surface area contributed by atoms with Gasteiger partial charge in [0, 0.05) is 42.2 Å². The van der Waals surface area contributed by atoms with E-state index >= 15 is 0 Å². The minimum absolute atomic E-state index is 0.0746. The lowest BCUT2D eigenvalue weighted by Crippen LogP contribution is -2.44. The van der Waals surface area contributed by atoms with Crippen molar-refractivity contribution in [3.05, 3.63) is 47.3 Å². The third-order valence-corrected chi connectivity index (χ3v) is 4.71. The molecule has 1 aliphatic rings. The molecule has 0 saturated heterocycles. The Hall–Kier alpha value is -2.60. The average molecular weight is 324 g/mol. The first-order valence-corrected chi connectivity index (χ1v) is 8.18. The number of nitrogens with zero attached hydrogens (tertiary/aromatic N) is 2. The van der Waals surface area contributed by atoms with Gasteiger partial charge in [-0.15, -0.1) is 0 Å². The summed E-state index contributed by atoms with van der Waals surface area (Å²) in [6.07, 6.45) is 0.920. The van der Waals surface area contributed by atoms with Gasteiger partial charge in [0.1, 0.15) is 0 Å². The van der Waals surface area contributed by atoms with Crippen LogP contribution in [0.1, 0.15) is 23.9 Å². The highest BCUT2D eigenvalue weighted by atomic mass is 16.5. The molecule has 1 amide bonds. The zero-order chi connectivity index (χ0) is 16.7. The second kappa shape index (κ2) is 5.79. The molecule has 0 fully saturated rings. The molecule has 3 heterocycles. The number of rotatable bonds is 3. The fraction of sp³-hybridized carbons (Fsp3) is 0.333. The fourth-order valence-electron chi connectivity index (χ4n) is 3.33. The van der Waals surface area contributed by atoms with Gasteiger partial charge in [-0.2, -0.15) is 0 Å². The van der Waals surface area contributed by atoms with Crippen molar-refractivity contribution in [1.29, 1.82) is 0 Å². The summed E-state index contributed by atoms with van der Waals surface area (Å²) in [6.45, 7) is 5.37. The highest BCUT2D eigenvalue weighted by molar-refractivity contribution is 5.93.